The van der Waals surface area contributed by atoms with Crippen LogP contribution in [0, 0.1) is 5.82 Å². The maximum absolute atomic E-state index is 13.4. The zero-order valence-electron chi connectivity index (χ0n) is 9.31. The molecule has 0 fully saturated rings. The molecule has 6 heteroatoms. The van der Waals surface area contributed by atoms with E-state index in [0.717, 1.165) is 6.07 Å². The maximum Gasteiger partial charge on any atom is 0.335 e. The topological polar surface area (TPSA) is 83.6 Å². The molecule has 1 amide bonds. The van der Waals surface area contributed by atoms with Gasteiger partial charge in [0.1, 0.15) is 5.82 Å². The van der Waals surface area contributed by atoms with Crippen molar-refractivity contribution in [1.29, 1.82) is 0 Å². The van der Waals surface area contributed by atoms with Gasteiger partial charge >= 0.3 is 5.97 Å². The number of carboxylic acid groups (broad SMARTS) is 1. The summed E-state index contributed by atoms with van der Waals surface area (Å²) in [6, 6.07) is 3.53. The van der Waals surface area contributed by atoms with Crippen molar-refractivity contribution in [3.63, 3.8) is 0 Å². The molecule has 1 rings (SSSR count). The predicted octanol–water partition coefficient (Wildman–Crippen LogP) is 0.441. The highest BCUT2D eigenvalue weighted by atomic mass is 19.1. The van der Waals surface area contributed by atoms with Gasteiger partial charge in [0.05, 0.1) is 12.1 Å². The molecule has 0 aliphatic rings. The predicted molar refractivity (Wildman–Crippen MR) is 58.9 cm³/mol. The van der Waals surface area contributed by atoms with Crippen LogP contribution in [0.5, 0.6) is 0 Å². The number of aromatic carboxylic acids is 1. The van der Waals surface area contributed by atoms with Gasteiger partial charge in [0.25, 0.3) is 0 Å². The van der Waals surface area contributed by atoms with Crippen LogP contribution in [0.15, 0.2) is 18.2 Å². The number of nitrogens with two attached hydrogens (primary N) is 1. The van der Waals surface area contributed by atoms with Gasteiger partial charge in [-0.1, -0.05) is 0 Å². The Hall–Kier alpha value is -1.95. The Morgan fingerprint density at radius 3 is 2.65 bits per heavy atom. The van der Waals surface area contributed by atoms with Crippen LogP contribution in [0.2, 0.25) is 0 Å². The quantitative estimate of drug-likeness (QED) is 0.782. The van der Waals surface area contributed by atoms with E-state index in [2.05, 4.69) is 0 Å². The van der Waals surface area contributed by atoms with Gasteiger partial charge in [-0.05, 0) is 25.2 Å². The second-order valence-corrected chi connectivity index (χ2v) is 3.75. The Morgan fingerprint density at radius 2 is 2.12 bits per heavy atom. The molecule has 92 valence electrons. The summed E-state index contributed by atoms with van der Waals surface area (Å²) in [7, 11) is 1.59. The van der Waals surface area contributed by atoms with Gasteiger partial charge in [0.15, 0.2) is 0 Å². The maximum atomic E-state index is 13.4. The molecule has 0 saturated heterocycles. The van der Waals surface area contributed by atoms with E-state index in [4.69, 9.17) is 10.8 Å². The fourth-order valence-electron chi connectivity index (χ4n) is 1.44. The number of hydrogen-bond donors (Lipinski definition) is 2. The number of rotatable bonds is 5. The van der Waals surface area contributed by atoms with Crippen LogP contribution in [0.1, 0.15) is 15.9 Å². The Kier molecular flexibility index (Phi) is 4.17. The van der Waals surface area contributed by atoms with Crippen molar-refractivity contribution in [2.45, 2.75) is 6.54 Å². The van der Waals surface area contributed by atoms with Crippen molar-refractivity contribution in [2.75, 3.05) is 13.6 Å². The summed E-state index contributed by atoms with van der Waals surface area (Å²) in [6.07, 6.45) is 0. The van der Waals surface area contributed by atoms with Crippen LogP contribution in [-0.4, -0.2) is 35.5 Å². The summed E-state index contributed by atoms with van der Waals surface area (Å²) in [4.78, 5) is 22.9. The SMILES string of the molecule is CN(CC(N)=O)Cc1cc(C(=O)O)ccc1F. The van der Waals surface area contributed by atoms with Gasteiger partial charge in [-0.25, -0.2) is 9.18 Å². The van der Waals surface area contributed by atoms with Crippen LogP contribution < -0.4 is 5.73 Å². The smallest absolute Gasteiger partial charge is 0.335 e. The number of primary amides is 1. The third kappa shape index (κ3) is 3.84. The van der Waals surface area contributed by atoms with Crippen molar-refractivity contribution >= 4 is 11.9 Å². The lowest BCUT2D eigenvalue weighted by molar-refractivity contribution is -0.118. The van der Waals surface area contributed by atoms with E-state index in [9.17, 15) is 14.0 Å². The number of likely N-dealkylation sites (N-methyl/N-ethyl adjacent to an activating group) is 1. The number of hydrogen-bond acceptors (Lipinski definition) is 3. The average Bonchev–Trinajstić information content (AvgIpc) is 2.19. The highest BCUT2D eigenvalue weighted by Gasteiger charge is 2.11. The second kappa shape index (κ2) is 5.40. The molecular weight excluding hydrogens is 227 g/mol. The number of benzene rings is 1. The zero-order chi connectivity index (χ0) is 13.0. The van der Waals surface area contributed by atoms with E-state index in [0.29, 0.717) is 0 Å². The summed E-state index contributed by atoms with van der Waals surface area (Å²) in [6.45, 7) is 0.104. The van der Waals surface area contributed by atoms with E-state index in [1.807, 2.05) is 0 Å². The standard InChI is InChI=1S/C11H13FN2O3/c1-14(6-10(13)15)5-8-4-7(11(16)17)2-3-9(8)12/h2-4H,5-6H2,1H3,(H2,13,15)(H,16,17). The van der Waals surface area contributed by atoms with Crippen LogP contribution in [0.4, 0.5) is 4.39 Å². The Labute approximate surface area is 97.6 Å². The molecule has 0 aromatic heterocycles. The van der Waals surface area contributed by atoms with Gasteiger partial charge in [0, 0.05) is 12.1 Å². The molecule has 0 aliphatic carbocycles. The lowest BCUT2D eigenvalue weighted by atomic mass is 10.1. The van der Waals surface area contributed by atoms with Crippen LogP contribution in [0.3, 0.4) is 0 Å². The third-order valence-electron chi connectivity index (χ3n) is 2.16. The van der Waals surface area contributed by atoms with Gasteiger partial charge < -0.3 is 10.8 Å². The van der Waals surface area contributed by atoms with E-state index in [1.165, 1.54) is 17.0 Å². The molecule has 1 aromatic carbocycles. The third-order valence-corrected chi connectivity index (χ3v) is 2.16. The molecule has 0 radical (unpaired) electrons. The highest BCUT2D eigenvalue weighted by Crippen LogP contribution is 2.12. The first kappa shape index (κ1) is 13.1. The average molecular weight is 240 g/mol. The number of nitrogens with zero attached hydrogens (tertiary/aromatic N) is 1. The molecule has 0 saturated carbocycles. The first-order valence-corrected chi connectivity index (χ1v) is 4.88. The molecule has 0 heterocycles. The number of carbonyl (C=O) groups excluding carboxylic acids is 1. The largest absolute Gasteiger partial charge is 0.478 e. The minimum atomic E-state index is -1.12. The zero-order valence-corrected chi connectivity index (χ0v) is 9.31. The summed E-state index contributed by atoms with van der Waals surface area (Å²) in [5.41, 5.74) is 5.22. The summed E-state index contributed by atoms with van der Waals surface area (Å²) in [5, 5.41) is 8.77. The van der Waals surface area contributed by atoms with Crippen molar-refractivity contribution in [3.8, 4) is 0 Å². The Morgan fingerprint density at radius 1 is 1.47 bits per heavy atom. The second-order valence-electron chi connectivity index (χ2n) is 3.75. The monoisotopic (exact) mass is 240 g/mol. The summed E-state index contributed by atoms with van der Waals surface area (Å²) >= 11 is 0. The molecule has 0 aliphatic heterocycles. The molecule has 0 unspecified atom stereocenters. The fourth-order valence-corrected chi connectivity index (χ4v) is 1.44. The van der Waals surface area contributed by atoms with Crippen molar-refractivity contribution < 1.29 is 19.1 Å². The molecular formula is C11H13FN2O3. The molecule has 0 spiro atoms. The number of carbonyl (C=O) groups is 2. The fraction of sp³-hybridized carbons (Fsp3) is 0.273. The Bertz CT molecular complexity index is 448. The molecule has 17 heavy (non-hydrogen) atoms. The van der Waals surface area contributed by atoms with Gasteiger partial charge in [0.2, 0.25) is 5.91 Å². The van der Waals surface area contributed by atoms with Crippen LogP contribution in [-0.2, 0) is 11.3 Å². The normalized spacial score (nSPS) is 10.5. The Balaban J connectivity index is 2.86. The minimum Gasteiger partial charge on any atom is -0.478 e. The lowest BCUT2D eigenvalue weighted by Gasteiger charge is -2.15. The van der Waals surface area contributed by atoms with Crippen LogP contribution in [0.25, 0.3) is 0 Å². The minimum absolute atomic E-state index is 0.00822. The van der Waals surface area contributed by atoms with E-state index in [-0.39, 0.29) is 24.2 Å². The summed E-state index contributed by atoms with van der Waals surface area (Å²) < 4.78 is 13.4. The molecule has 5 nitrogen and oxygen atoms in total. The van der Waals surface area contributed by atoms with Crippen LogP contribution >= 0.6 is 0 Å². The van der Waals surface area contributed by atoms with Gasteiger partial charge in [-0.15, -0.1) is 0 Å². The molecule has 1 aromatic rings. The van der Waals surface area contributed by atoms with Crippen molar-refractivity contribution in [1.82, 2.24) is 4.90 Å². The molecule has 0 atom stereocenters. The number of carboxylic acids is 1. The van der Waals surface area contributed by atoms with E-state index < -0.39 is 17.7 Å². The summed E-state index contributed by atoms with van der Waals surface area (Å²) in [5.74, 6) is -2.16. The molecule has 3 N–H and O–H groups in total. The highest BCUT2D eigenvalue weighted by molar-refractivity contribution is 5.87. The molecule has 0 bridgehead atoms. The van der Waals surface area contributed by atoms with Gasteiger partial charge in [-0.3, -0.25) is 9.69 Å². The van der Waals surface area contributed by atoms with E-state index >= 15 is 0 Å². The first-order chi connectivity index (χ1) is 7.90. The van der Waals surface area contributed by atoms with Crippen molar-refractivity contribution in [2.24, 2.45) is 5.73 Å². The van der Waals surface area contributed by atoms with Gasteiger partial charge in [-0.2, -0.15) is 0 Å². The van der Waals surface area contributed by atoms with Crippen molar-refractivity contribution in [3.05, 3.63) is 35.1 Å². The number of halogens is 1. The first-order valence-electron chi connectivity index (χ1n) is 4.88. The lowest BCUT2D eigenvalue weighted by Crippen LogP contribution is -2.30. The number of amides is 1. The van der Waals surface area contributed by atoms with E-state index in [1.54, 1.807) is 7.05 Å².